The Labute approximate surface area is 118 Å². The molecule has 1 amide bonds. The molecule has 1 aliphatic rings. The predicted molar refractivity (Wildman–Crippen MR) is 75.4 cm³/mol. The third-order valence-electron chi connectivity index (χ3n) is 3.55. The topological polar surface area (TPSA) is 67.4 Å². The zero-order valence-corrected chi connectivity index (χ0v) is 11.9. The Bertz CT molecular complexity index is 514. The quantitative estimate of drug-likeness (QED) is 0.806. The molecule has 1 heterocycles. The molecule has 1 unspecified atom stereocenters. The lowest BCUT2D eigenvalue weighted by Gasteiger charge is -2.19. The lowest BCUT2D eigenvalue weighted by molar-refractivity contribution is -0.142. The molecule has 1 aliphatic heterocycles. The van der Waals surface area contributed by atoms with Gasteiger partial charge >= 0.3 is 5.97 Å². The summed E-state index contributed by atoms with van der Waals surface area (Å²) in [5.41, 5.74) is 3.02. The molecule has 1 atom stereocenters. The summed E-state index contributed by atoms with van der Waals surface area (Å²) in [7, 11) is 1.32. The molecule has 20 heavy (non-hydrogen) atoms. The Morgan fingerprint density at radius 1 is 1.40 bits per heavy atom. The standard InChI is InChI=1S/C15H20N2O3/c1-3-13(15(19)20-2)17-14(18)11-4-5-12-9-16-7-6-10(12)8-11/h4-5,8,13,16H,3,6-7,9H2,1-2H3,(H,17,18). The van der Waals surface area contributed by atoms with E-state index < -0.39 is 12.0 Å². The van der Waals surface area contributed by atoms with Crippen LogP contribution in [0.2, 0.25) is 0 Å². The fraction of sp³-hybridized carbons (Fsp3) is 0.467. The van der Waals surface area contributed by atoms with E-state index in [4.69, 9.17) is 0 Å². The molecule has 2 N–H and O–H groups in total. The molecule has 0 saturated carbocycles. The van der Waals surface area contributed by atoms with Crippen molar-refractivity contribution in [1.82, 2.24) is 10.6 Å². The minimum atomic E-state index is -0.592. The molecule has 5 heteroatoms. The molecule has 0 spiro atoms. The Morgan fingerprint density at radius 2 is 2.20 bits per heavy atom. The third kappa shape index (κ3) is 3.17. The number of esters is 1. The van der Waals surface area contributed by atoms with Crippen LogP contribution in [-0.2, 0) is 22.5 Å². The van der Waals surface area contributed by atoms with Gasteiger partial charge in [-0.1, -0.05) is 13.0 Å². The summed E-state index contributed by atoms with van der Waals surface area (Å²) >= 11 is 0. The fourth-order valence-corrected chi connectivity index (χ4v) is 2.33. The number of methoxy groups -OCH3 is 1. The number of nitrogens with one attached hydrogen (secondary N) is 2. The summed E-state index contributed by atoms with van der Waals surface area (Å²) in [4.78, 5) is 23.7. The van der Waals surface area contributed by atoms with Crippen LogP contribution in [0, 0.1) is 0 Å². The number of benzene rings is 1. The molecule has 1 aromatic rings. The average molecular weight is 276 g/mol. The number of hydrogen-bond donors (Lipinski definition) is 2. The molecule has 0 fully saturated rings. The van der Waals surface area contributed by atoms with Crippen LogP contribution >= 0.6 is 0 Å². The van der Waals surface area contributed by atoms with Gasteiger partial charge in [0.2, 0.25) is 0 Å². The Balaban J connectivity index is 2.11. The van der Waals surface area contributed by atoms with E-state index in [2.05, 4.69) is 15.4 Å². The van der Waals surface area contributed by atoms with Crippen LogP contribution in [0.25, 0.3) is 0 Å². The van der Waals surface area contributed by atoms with Crippen molar-refractivity contribution in [1.29, 1.82) is 0 Å². The van der Waals surface area contributed by atoms with Gasteiger partial charge in [0.25, 0.3) is 5.91 Å². The van der Waals surface area contributed by atoms with Gasteiger partial charge in [-0.3, -0.25) is 4.79 Å². The Kier molecular flexibility index (Phi) is 4.74. The normalized spacial score (nSPS) is 15.1. The van der Waals surface area contributed by atoms with Crippen molar-refractivity contribution in [3.63, 3.8) is 0 Å². The first kappa shape index (κ1) is 14.5. The van der Waals surface area contributed by atoms with E-state index in [0.29, 0.717) is 12.0 Å². The first-order chi connectivity index (χ1) is 9.65. The maximum atomic E-state index is 12.2. The summed E-state index contributed by atoms with van der Waals surface area (Å²) in [6.45, 7) is 3.61. The van der Waals surface area contributed by atoms with E-state index in [1.807, 2.05) is 19.1 Å². The highest BCUT2D eigenvalue weighted by Gasteiger charge is 2.20. The first-order valence-corrected chi connectivity index (χ1v) is 6.87. The van der Waals surface area contributed by atoms with Crippen molar-refractivity contribution < 1.29 is 14.3 Å². The summed E-state index contributed by atoms with van der Waals surface area (Å²) in [6.07, 6.45) is 1.43. The van der Waals surface area contributed by atoms with Crippen LogP contribution in [0.5, 0.6) is 0 Å². The number of hydrogen-bond acceptors (Lipinski definition) is 4. The molecule has 2 rings (SSSR count). The van der Waals surface area contributed by atoms with Crippen LogP contribution in [0.3, 0.4) is 0 Å². The lowest BCUT2D eigenvalue weighted by Crippen LogP contribution is -2.41. The van der Waals surface area contributed by atoms with Crippen molar-refractivity contribution >= 4 is 11.9 Å². The highest BCUT2D eigenvalue weighted by atomic mass is 16.5. The zero-order chi connectivity index (χ0) is 14.5. The van der Waals surface area contributed by atoms with Gasteiger partial charge in [0.15, 0.2) is 0 Å². The fourth-order valence-electron chi connectivity index (χ4n) is 2.33. The number of amides is 1. The molecule has 0 radical (unpaired) electrons. The average Bonchev–Trinajstić information content (AvgIpc) is 2.51. The van der Waals surface area contributed by atoms with Crippen molar-refractivity contribution in [2.24, 2.45) is 0 Å². The van der Waals surface area contributed by atoms with E-state index in [1.54, 1.807) is 6.07 Å². The van der Waals surface area contributed by atoms with Gasteiger partial charge in [0, 0.05) is 12.1 Å². The van der Waals surface area contributed by atoms with E-state index >= 15 is 0 Å². The molecule has 0 saturated heterocycles. The summed E-state index contributed by atoms with van der Waals surface area (Å²) in [6, 6.07) is 5.08. The molecule has 108 valence electrons. The Morgan fingerprint density at radius 3 is 2.90 bits per heavy atom. The number of rotatable bonds is 4. The van der Waals surface area contributed by atoms with Gasteiger partial charge in [-0.2, -0.15) is 0 Å². The Hall–Kier alpha value is -1.88. The first-order valence-electron chi connectivity index (χ1n) is 6.87. The van der Waals surface area contributed by atoms with Gasteiger partial charge in [-0.15, -0.1) is 0 Å². The molecule has 1 aromatic carbocycles. The van der Waals surface area contributed by atoms with Crippen LogP contribution in [0.4, 0.5) is 0 Å². The van der Waals surface area contributed by atoms with E-state index in [1.165, 1.54) is 18.2 Å². The van der Waals surface area contributed by atoms with Crippen molar-refractivity contribution in [3.05, 3.63) is 34.9 Å². The van der Waals surface area contributed by atoms with Gasteiger partial charge in [0.1, 0.15) is 6.04 Å². The zero-order valence-electron chi connectivity index (χ0n) is 11.9. The molecular formula is C15H20N2O3. The SMILES string of the molecule is CCC(NC(=O)c1ccc2c(c1)CCNC2)C(=O)OC. The van der Waals surface area contributed by atoms with Crippen LogP contribution in [-0.4, -0.2) is 31.6 Å². The van der Waals surface area contributed by atoms with Gasteiger partial charge in [-0.05, 0) is 42.6 Å². The van der Waals surface area contributed by atoms with Crippen LogP contribution < -0.4 is 10.6 Å². The summed E-state index contributed by atoms with van der Waals surface area (Å²) < 4.78 is 4.67. The number of fused-ring (bicyclic) bond motifs is 1. The second kappa shape index (κ2) is 6.52. The van der Waals surface area contributed by atoms with Gasteiger partial charge in [0.05, 0.1) is 7.11 Å². The van der Waals surface area contributed by atoms with E-state index in [9.17, 15) is 9.59 Å². The minimum Gasteiger partial charge on any atom is -0.467 e. The highest BCUT2D eigenvalue weighted by Crippen LogP contribution is 2.16. The van der Waals surface area contributed by atoms with Gasteiger partial charge < -0.3 is 15.4 Å². The smallest absolute Gasteiger partial charge is 0.328 e. The lowest BCUT2D eigenvalue weighted by atomic mass is 9.98. The maximum absolute atomic E-state index is 12.2. The largest absolute Gasteiger partial charge is 0.467 e. The molecule has 0 aromatic heterocycles. The minimum absolute atomic E-state index is 0.233. The number of ether oxygens (including phenoxy) is 1. The van der Waals surface area contributed by atoms with E-state index in [-0.39, 0.29) is 5.91 Å². The molecular weight excluding hydrogens is 256 g/mol. The highest BCUT2D eigenvalue weighted by molar-refractivity contribution is 5.97. The molecule has 0 bridgehead atoms. The van der Waals surface area contributed by atoms with Crippen LogP contribution in [0.1, 0.15) is 34.8 Å². The predicted octanol–water partition coefficient (Wildman–Crippen LogP) is 1.01. The third-order valence-corrected chi connectivity index (χ3v) is 3.55. The summed E-state index contributed by atoms with van der Waals surface area (Å²) in [5, 5.41) is 6.00. The van der Waals surface area contributed by atoms with Gasteiger partial charge in [-0.25, -0.2) is 4.79 Å². The number of carbonyl (C=O) groups is 2. The van der Waals surface area contributed by atoms with Crippen molar-refractivity contribution in [2.75, 3.05) is 13.7 Å². The molecule has 5 nitrogen and oxygen atoms in total. The van der Waals surface area contributed by atoms with E-state index in [0.717, 1.165) is 19.5 Å². The second-order valence-corrected chi connectivity index (χ2v) is 4.87. The second-order valence-electron chi connectivity index (χ2n) is 4.87. The van der Waals surface area contributed by atoms with Crippen LogP contribution in [0.15, 0.2) is 18.2 Å². The van der Waals surface area contributed by atoms with Crippen molar-refractivity contribution in [3.8, 4) is 0 Å². The monoisotopic (exact) mass is 276 g/mol. The number of carbonyl (C=O) groups excluding carboxylic acids is 2. The maximum Gasteiger partial charge on any atom is 0.328 e. The molecule has 0 aliphatic carbocycles. The van der Waals surface area contributed by atoms with Crippen molar-refractivity contribution in [2.45, 2.75) is 32.4 Å². The summed E-state index contributed by atoms with van der Waals surface area (Å²) in [5.74, 6) is -0.647.